The van der Waals surface area contributed by atoms with E-state index in [1.54, 1.807) is 0 Å². The van der Waals surface area contributed by atoms with Gasteiger partial charge in [0.2, 0.25) is 0 Å². The zero-order chi connectivity index (χ0) is 7.19. The van der Waals surface area contributed by atoms with E-state index in [9.17, 15) is 0 Å². The third-order valence-electron chi connectivity index (χ3n) is 2.56. The minimum atomic E-state index is 0.400. The van der Waals surface area contributed by atoms with Crippen LogP contribution in [-0.4, -0.2) is 17.0 Å². The first-order chi connectivity index (χ1) is 4.71. The molecule has 0 aromatic rings. The molecule has 0 aromatic heterocycles. The van der Waals surface area contributed by atoms with Gasteiger partial charge in [-0.25, -0.2) is 0 Å². The van der Waals surface area contributed by atoms with E-state index in [2.05, 4.69) is 30.7 Å². The monoisotopic (exact) mass is 135 g/mol. The van der Waals surface area contributed by atoms with Crippen molar-refractivity contribution >= 4 is 0 Å². The van der Waals surface area contributed by atoms with E-state index in [0.29, 0.717) is 5.54 Å². The van der Waals surface area contributed by atoms with Crippen molar-refractivity contribution in [1.82, 2.24) is 4.90 Å². The molecule has 10 heavy (non-hydrogen) atoms. The Balaban J connectivity index is 2.28. The summed E-state index contributed by atoms with van der Waals surface area (Å²) in [4.78, 5) is 2.40. The Morgan fingerprint density at radius 3 is 3.20 bits per heavy atom. The second-order valence-electron chi connectivity index (χ2n) is 3.64. The zero-order valence-corrected chi connectivity index (χ0v) is 6.43. The summed E-state index contributed by atoms with van der Waals surface area (Å²) in [5, 5.41) is 0. The molecule has 0 N–H and O–H groups in total. The first-order valence-corrected chi connectivity index (χ1v) is 3.81. The van der Waals surface area contributed by atoms with Crippen LogP contribution in [0.5, 0.6) is 0 Å². The minimum absolute atomic E-state index is 0.400. The van der Waals surface area contributed by atoms with E-state index in [4.69, 9.17) is 0 Å². The number of nitrogens with zero attached hydrogens (tertiary/aromatic N) is 1. The second kappa shape index (κ2) is 1.66. The molecule has 0 aromatic carbocycles. The molecule has 1 unspecified atom stereocenters. The molecule has 0 aliphatic carbocycles. The van der Waals surface area contributed by atoms with Crippen LogP contribution >= 0.6 is 0 Å². The van der Waals surface area contributed by atoms with E-state index in [0.717, 1.165) is 6.54 Å². The summed E-state index contributed by atoms with van der Waals surface area (Å²) in [6.07, 6.45) is 6.84. The third-order valence-corrected chi connectivity index (χ3v) is 2.56. The van der Waals surface area contributed by atoms with Crippen molar-refractivity contribution < 1.29 is 0 Å². The topological polar surface area (TPSA) is 3.24 Å². The van der Waals surface area contributed by atoms with Crippen LogP contribution in [-0.2, 0) is 0 Å². The summed E-state index contributed by atoms with van der Waals surface area (Å²) in [5.41, 5.74) is 1.78. The maximum Gasteiger partial charge on any atom is 0.0444 e. The molecule has 54 valence electrons. The highest BCUT2D eigenvalue weighted by Gasteiger charge is 2.38. The van der Waals surface area contributed by atoms with Crippen molar-refractivity contribution in [2.75, 3.05) is 6.54 Å². The first kappa shape index (κ1) is 6.02. The Kier molecular flexibility index (Phi) is 0.997. The molecule has 1 nitrogen and oxygen atoms in total. The Bertz CT molecular complexity index is 205. The Labute approximate surface area is 62.0 Å². The van der Waals surface area contributed by atoms with Crippen molar-refractivity contribution in [1.29, 1.82) is 0 Å². The normalized spacial score (nSPS) is 37.3. The van der Waals surface area contributed by atoms with E-state index in [1.807, 2.05) is 0 Å². The molecule has 0 radical (unpaired) electrons. The maximum absolute atomic E-state index is 4.01. The highest BCUT2D eigenvalue weighted by Crippen LogP contribution is 2.38. The predicted octanol–water partition coefficient (Wildman–Crippen LogP) is 1.92. The number of fused-ring (bicyclic) bond motifs is 1. The average Bonchev–Trinajstić information content (AvgIpc) is 2.20. The van der Waals surface area contributed by atoms with Crippen LogP contribution in [0.3, 0.4) is 0 Å². The molecule has 0 bridgehead atoms. The third kappa shape index (κ3) is 0.634. The fourth-order valence-electron chi connectivity index (χ4n) is 1.98. The smallest absolute Gasteiger partial charge is 0.0444 e. The molecule has 2 heterocycles. The lowest BCUT2D eigenvalue weighted by Gasteiger charge is -2.27. The van der Waals surface area contributed by atoms with Crippen molar-refractivity contribution in [3.8, 4) is 0 Å². The highest BCUT2D eigenvalue weighted by atomic mass is 15.2. The molecule has 2 rings (SSSR count). The van der Waals surface area contributed by atoms with E-state index >= 15 is 0 Å². The van der Waals surface area contributed by atoms with Gasteiger partial charge in [-0.1, -0.05) is 18.2 Å². The summed E-state index contributed by atoms with van der Waals surface area (Å²) >= 11 is 0. The molecule has 1 heteroatoms. The Morgan fingerprint density at radius 1 is 1.70 bits per heavy atom. The largest absolute Gasteiger partial charge is 0.368 e. The molecular weight excluding hydrogens is 122 g/mol. The van der Waals surface area contributed by atoms with Gasteiger partial charge in [0.25, 0.3) is 0 Å². The molecule has 0 amide bonds. The second-order valence-corrected chi connectivity index (χ2v) is 3.64. The number of hydrogen-bond acceptors (Lipinski definition) is 1. The number of rotatable bonds is 0. The first-order valence-electron chi connectivity index (χ1n) is 3.81. The van der Waals surface area contributed by atoms with Gasteiger partial charge in [-0.2, -0.15) is 0 Å². The molecule has 0 saturated carbocycles. The van der Waals surface area contributed by atoms with Gasteiger partial charge in [-0.15, -0.1) is 0 Å². The predicted molar refractivity (Wildman–Crippen MR) is 42.6 cm³/mol. The summed E-state index contributed by atoms with van der Waals surface area (Å²) < 4.78 is 0. The van der Waals surface area contributed by atoms with E-state index in [1.165, 1.54) is 18.4 Å². The van der Waals surface area contributed by atoms with Crippen molar-refractivity contribution in [2.45, 2.75) is 25.3 Å². The molecule has 1 atom stereocenters. The fourth-order valence-corrected chi connectivity index (χ4v) is 1.98. The molecule has 1 fully saturated rings. The SMILES string of the molecule is C=C1CN2C=CCC2(C)C1. The van der Waals surface area contributed by atoms with Gasteiger partial charge in [-0.3, -0.25) is 0 Å². The lowest BCUT2D eigenvalue weighted by molar-refractivity contribution is 0.252. The standard InChI is InChI=1S/C9H13N/c1-8-6-9(2)4-3-5-10(9)7-8/h3,5H,1,4,6-7H2,2H3. The van der Waals surface area contributed by atoms with Crippen LogP contribution in [0, 0.1) is 0 Å². The minimum Gasteiger partial charge on any atom is -0.368 e. The van der Waals surface area contributed by atoms with Crippen LogP contribution < -0.4 is 0 Å². The Hall–Kier alpha value is -0.720. The Morgan fingerprint density at radius 2 is 2.50 bits per heavy atom. The fraction of sp³-hybridized carbons (Fsp3) is 0.556. The van der Waals surface area contributed by atoms with Crippen molar-refractivity contribution in [2.24, 2.45) is 0 Å². The van der Waals surface area contributed by atoms with Gasteiger partial charge in [0, 0.05) is 12.1 Å². The summed E-state index contributed by atoms with van der Waals surface area (Å²) in [6, 6.07) is 0. The zero-order valence-electron chi connectivity index (χ0n) is 6.43. The highest BCUT2D eigenvalue weighted by molar-refractivity contribution is 5.21. The summed E-state index contributed by atoms with van der Waals surface area (Å²) in [6.45, 7) is 7.39. The van der Waals surface area contributed by atoms with Crippen molar-refractivity contribution in [3.63, 3.8) is 0 Å². The van der Waals surface area contributed by atoms with Gasteiger partial charge in [0.15, 0.2) is 0 Å². The van der Waals surface area contributed by atoms with Crippen LogP contribution in [0.15, 0.2) is 24.4 Å². The summed E-state index contributed by atoms with van der Waals surface area (Å²) in [5.74, 6) is 0. The molecule has 2 aliphatic heterocycles. The maximum atomic E-state index is 4.01. The van der Waals surface area contributed by atoms with Crippen LogP contribution in [0.2, 0.25) is 0 Å². The van der Waals surface area contributed by atoms with Crippen LogP contribution in [0.1, 0.15) is 19.8 Å². The molecular formula is C9H13N. The molecule has 1 saturated heterocycles. The van der Waals surface area contributed by atoms with Gasteiger partial charge < -0.3 is 4.90 Å². The van der Waals surface area contributed by atoms with Gasteiger partial charge in [-0.05, 0) is 26.0 Å². The lowest BCUT2D eigenvalue weighted by Crippen LogP contribution is -2.32. The van der Waals surface area contributed by atoms with E-state index < -0.39 is 0 Å². The number of hydrogen-bond donors (Lipinski definition) is 0. The van der Waals surface area contributed by atoms with Gasteiger partial charge in [0.1, 0.15) is 0 Å². The van der Waals surface area contributed by atoms with Gasteiger partial charge in [0.05, 0.1) is 0 Å². The molecule has 0 spiro atoms. The van der Waals surface area contributed by atoms with Crippen LogP contribution in [0.4, 0.5) is 0 Å². The summed E-state index contributed by atoms with van der Waals surface area (Å²) in [7, 11) is 0. The lowest BCUT2D eigenvalue weighted by atomic mass is 9.96. The van der Waals surface area contributed by atoms with E-state index in [-0.39, 0.29) is 0 Å². The van der Waals surface area contributed by atoms with Gasteiger partial charge >= 0.3 is 0 Å². The van der Waals surface area contributed by atoms with Crippen LogP contribution in [0.25, 0.3) is 0 Å². The molecule has 2 aliphatic rings. The average molecular weight is 135 g/mol. The van der Waals surface area contributed by atoms with Crippen molar-refractivity contribution in [3.05, 3.63) is 24.4 Å². The quantitative estimate of drug-likeness (QED) is 0.459.